The predicted octanol–water partition coefficient (Wildman–Crippen LogP) is 2.90. The van der Waals surface area contributed by atoms with Gasteiger partial charge in [-0.1, -0.05) is 6.07 Å². The molecule has 3 rings (SSSR count). The van der Waals surface area contributed by atoms with Crippen molar-refractivity contribution in [2.24, 2.45) is 0 Å². The van der Waals surface area contributed by atoms with Crippen LogP contribution in [0.2, 0.25) is 0 Å². The first kappa shape index (κ1) is 11.9. The lowest BCUT2D eigenvalue weighted by atomic mass is 10.2. The summed E-state index contributed by atoms with van der Waals surface area (Å²) in [5.41, 5.74) is 2.03. The van der Waals surface area contributed by atoms with Crippen molar-refractivity contribution in [2.45, 2.75) is 13.0 Å². The van der Waals surface area contributed by atoms with E-state index in [1.807, 2.05) is 24.3 Å². The molecule has 0 aliphatic carbocycles. The van der Waals surface area contributed by atoms with Gasteiger partial charge in [-0.3, -0.25) is 0 Å². The Bertz CT molecular complexity index is 616. The van der Waals surface area contributed by atoms with Crippen molar-refractivity contribution in [3.63, 3.8) is 0 Å². The fraction of sp³-hybridized carbons (Fsp3) is 0.154. The average Bonchev–Trinajstić information content (AvgIpc) is 3.13. The van der Waals surface area contributed by atoms with Crippen LogP contribution in [0.1, 0.15) is 17.8 Å². The summed E-state index contributed by atoms with van der Waals surface area (Å²) >= 11 is 1.76. The van der Waals surface area contributed by atoms with Gasteiger partial charge in [0.05, 0.1) is 11.7 Å². The van der Waals surface area contributed by atoms with E-state index in [2.05, 4.69) is 45.3 Å². The van der Waals surface area contributed by atoms with Gasteiger partial charge in [-0.25, -0.2) is 4.68 Å². The van der Waals surface area contributed by atoms with E-state index in [4.69, 9.17) is 0 Å². The zero-order chi connectivity index (χ0) is 13.1. The molecule has 5 nitrogen and oxygen atoms in total. The third kappa shape index (κ3) is 2.63. The smallest absolute Gasteiger partial charge is 0.143 e. The molecule has 0 aliphatic rings. The van der Waals surface area contributed by atoms with Gasteiger partial charge in [0.1, 0.15) is 6.33 Å². The average molecular weight is 271 g/mol. The number of rotatable bonds is 4. The molecular formula is C13H13N5S. The summed E-state index contributed by atoms with van der Waals surface area (Å²) in [6.07, 6.45) is 1.58. The zero-order valence-electron chi connectivity index (χ0n) is 10.4. The number of benzene rings is 1. The van der Waals surface area contributed by atoms with Gasteiger partial charge in [0.25, 0.3) is 0 Å². The van der Waals surface area contributed by atoms with E-state index in [1.165, 1.54) is 4.88 Å². The maximum Gasteiger partial charge on any atom is 0.143 e. The number of anilines is 1. The zero-order valence-corrected chi connectivity index (χ0v) is 11.2. The van der Waals surface area contributed by atoms with Gasteiger partial charge in [-0.2, -0.15) is 0 Å². The minimum absolute atomic E-state index is 0.305. The molecule has 2 heterocycles. The van der Waals surface area contributed by atoms with Crippen molar-refractivity contribution < 1.29 is 0 Å². The van der Waals surface area contributed by atoms with Crippen LogP contribution in [0.25, 0.3) is 5.69 Å². The van der Waals surface area contributed by atoms with E-state index in [0.29, 0.717) is 6.04 Å². The third-order valence-corrected chi connectivity index (χ3v) is 3.89. The van der Waals surface area contributed by atoms with Crippen molar-refractivity contribution >= 4 is 17.0 Å². The Kier molecular flexibility index (Phi) is 3.24. The molecule has 0 fully saturated rings. The molecule has 0 saturated carbocycles. The summed E-state index contributed by atoms with van der Waals surface area (Å²) in [6.45, 7) is 2.15. The fourth-order valence-electron chi connectivity index (χ4n) is 1.85. The molecule has 0 aliphatic heterocycles. The normalized spacial score (nSPS) is 12.3. The van der Waals surface area contributed by atoms with Crippen molar-refractivity contribution in [3.05, 3.63) is 53.0 Å². The molecule has 0 bridgehead atoms. The molecule has 96 valence electrons. The quantitative estimate of drug-likeness (QED) is 0.792. The minimum atomic E-state index is 0.305. The van der Waals surface area contributed by atoms with E-state index < -0.39 is 0 Å². The second-order valence-electron chi connectivity index (χ2n) is 4.18. The van der Waals surface area contributed by atoms with Crippen LogP contribution in [0.4, 0.5) is 5.69 Å². The molecule has 0 saturated heterocycles. The number of tetrazole rings is 1. The van der Waals surface area contributed by atoms with Crippen LogP contribution < -0.4 is 5.32 Å². The van der Waals surface area contributed by atoms with Crippen LogP contribution in [0.5, 0.6) is 0 Å². The van der Waals surface area contributed by atoms with Gasteiger partial charge in [-0.15, -0.1) is 16.4 Å². The van der Waals surface area contributed by atoms with Crippen molar-refractivity contribution in [1.29, 1.82) is 0 Å². The van der Waals surface area contributed by atoms with Crippen molar-refractivity contribution in [3.8, 4) is 5.69 Å². The topological polar surface area (TPSA) is 55.6 Å². The Morgan fingerprint density at radius 1 is 1.21 bits per heavy atom. The van der Waals surface area contributed by atoms with Crippen molar-refractivity contribution in [2.75, 3.05) is 5.32 Å². The highest BCUT2D eigenvalue weighted by atomic mass is 32.1. The van der Waals surface area contributed by atoms with E-state index in [1.54, 1.807) is 22.3 Å². The van der Waals surface area contributed by atoms with Gasteiger partial charge < -0.3 is 5.32 Å². The van der Waals surface area contributed by atoms with Crippen LogP contribution >= 0.6 is 11.3 Å². The SMILES string of the molecule is CC(Nc1ccc(-n2cnnn2)cc1)c1cccs1. The third-order valence-electron chi connectivity index (χ3n) is 2.83. The lowest BCUT2D eigenvalue weighted by molar-refractivity contribution is 0.789. The highest BCUT2D eigenvalue weighted by Crippen LogP contribution is 2.23. The van der Waals surface area contributed by atoms with Crippen LogP contribution in [0.15, 0.2) is 48.1 Å². The monoisotopic (exact) mass is 271 g/mol. The Morgan fingerprint density at radius 2 is 2.05 bits per heavy atom. The molecule has 6 heteroatoms. The van der Waals surface area contributed by atoms with Crippen LogP contribution in [-0.4, -0.2) is 20.2 Å². The second-order valence-corrected chi connectivity index (χ2v) is 5.16. The molecule has 0 spiro atoms. The largest absolute Gasteiger partial charge is 0.378 e. The predicted molar refractivity (Wildman–Crippen MR) is 75.5 cm³/mol. The van der Waals surface area contributed by atoms with Gasteiger partial charge >= 0.3 is 0 Å². The Hall–Kier alpha value is -2.21. The summed E-state index contributed by atoms with van der Waals surface area (Å²) < 4.78 is 1.63. The van der Waals surface area contributed by atoms with Crippen LogP contribution in [0.3, 0.4) is 0 Å². The van der Waals surface area contributed by atoms with Gasteiger partial charge in [0.15, 0.2) is 0 Å². The molecule has 0 radical (unpaired) electrons. The molecule has 1 atom stereocenters. The molecule has 3 aromatic rings. The summed E-state index contributed by atoms with van der Waals surface area (Å²) in [5.74, 6) is 0. The number of thiophene rings is 1. The van der Waals surface area contributed by atoms with Gasteiger partial charge in [0.2, 0.25) is 0 Å². The minimum Gasteiger partial charge on any atom is -0.378 e. The number of aromatic nitrogens is 4. The molecular weight excluding hydrogens is 258 g/mol. The van der Waals surface area contributed by atoms with Crippen LogP contribution in [-0.2, 0) is 0 Å². The molecule has 0 amide bonds. The molecule has 1 aromatic carbocycles. The number of hydrogen-bond acceptors (Lipinski definition) is 5. The second kappa shape index (κ2) is 5.19. The first-order valence-electron chi connectivity index (χ1n) is 5.96. The molecule has 1 N–H and O–H groups in total. The van der Waals surface area contributed by atoms with Gasteiger partial charge in [-0.05, 0) is 53.1 Å². The maximum absolute atomic E-state index is 3.85. The lowest BCUT2D eigenvalue weighted by Gasteiger charge is -2.13. The van der Waals surface area contributed by atoms with Gasteiger partial charge in [0, 0.05) is 10.6 Å². The number of hydrogen-bond donors (Lipinski definition) is 1. The van der Waals surface area contributed by atoms with E-state index in [-0.39, 0.29) is 0 Å². The highest BCUT2D eigenvalue weighted by Gasteiger charge is 2.06. The number of nitrogens with zero attached hydrogens (tertiary/aromatic N) is 4. The maximum atomic E-state index is 3.85. The first-order valence-corrected chi connectivity index (χ1v) is 6.84. The lowest BCUT2D eigenvalue weighted by Crippen LogP contribution is -2.05. The summed E-state index contributed by atoms with van der Waals surface area (Å²) in [5, 5.41) is 16.7. The Balaban J connectivity index is 1.73. The summed E-state index contributed by atoms with van der Waals surface area (Å²) in [7, 11) is 0. The standard InChI is InChI=1S/C13H13N5S/c1-10(13-3-2-8-19-13)15-11-4-6-12(7-5-11)18-9-14-16-17-18/h2-10,15H,1H3. The molecule has 1 unspecified atom stereocenters. The van der Waals surface area contributed by atoms with Crippen LogP contribution in [0, 0.1) is 0 Å². The summed E-state index contributed by atoms with van der Waals surface area (Å²) in [6, 6.07) is 12.5. The molecule has 19 heavy (non-hydrogen) atoms. The van der Waals surface area contributed by atoms with E-state index in [0.717, 1.165) is 11.4 Å². The first-order chi connectivity index (χ1) is 9.33. The fourth-order valence-corrected chi connectivity index (χ4v) is 2.58. The highest BCUT2D eigenvalue weighted by molar-refractivity contribution is 7.10. The van der Waals surface area contributed by atoms with Crippen molar-refractivity contribution in [1.82, 2.24) is 20.2 Å². The molecule has 2 aromatic heterocycles. The van der Waals surface area contributed by atoms with E-state index >= 15 is 0 Å². The summed E-state index contributed by atoms with van der Waals surface area (Å²) in [4.78, 5) is 1.32. The number of nitrogens with one attached hydrogen (secondary N) is 1. The Labute approximate surface area is 114 Å². The van der Waals surface area contributed by atoms with E-state index in [9.17, 15) is 0 Å². The Morgan fingerprint density at radius 3 is 2.68 bits per heavy atom.